The SMILES string of the molecule is CCOc1ccc(C(=O)N[C@@H](C)c2ccc(N3CCC[C@@H](C)C3)cc2)cc1C. The zero-order chi connectivity index (χ0) is 20.1. The third kappa shape index (κ3) is 4.86. The van der Waals surface area contributed by atoms with Crippen LogP contribution in [0.25, 0.3) is 0 Å². The molecule has 1 aliphatic rings. The second-order valence-corrected chi connectivity index (χ2v) is 7.89. The van der Waals surface area contributed by atoms with Crippen molar-refractivity contribution in [1.29, 1.82) is 0 Å². The van der Waals surface area contributed by atoms with Crippen LogP contribution in [0.5, 0.6) is 5.75 Å². The number of anilines is 1. The number of carbonyl (C=O) groups is 1. The van der Waals surface area contributed by atoms with Gasteiger partial charge in [0.2, 0.25) is 0 Å². The van der Waals surface area contributed by atoms with E-state index in [4.69, 9.17) is 4.74 Å². The maximum atomic E-state index is 12.6. The van der Waals surface area contributed by atoms with Crippen molar-refractivity contribution in [3.63, 3.8) is 0 Å². The molecule has 1 saturated heterocycles. The predicted molar refractivity (Wildman–Crippen MR) is 115 cm³/mol. The maximum Gasteiger partial charge on any atom is 0.251 e. The summed E-state index contributed by atoms with van der Waals surface area (Å²) in [6.45, 7) is 11.1. The molecule has 0 bridgehead atoms. The van der Waals surface area contributed by atoms with E-state index in [2.05, 4.69) is 41.4 Å². The van der Waals surface area contributed by atoms with Crippen molar-refractivity contribution in [2.75, 3.05) is 24.6 Å². The Kier molecular flexibility index (Phi) is 6.61. The molecule has 4 nitrogen and oxygen atoms in total. The van der Waals surface area contributed by atoms with E-state index in [1.54, 1.807) is 0 Å². The molecule has 2 atom stereocenters. The maximum absolute atomic E-state index is 12.6. The fourth-order valence-corrected chi connectivity index (χ4v) is 3.87. The van der Waals surface area contributed by atoms with Crippen molar-refractivity contribution < 1.29 is 9.53 Å². The van der Waals surface area contributed by atoms with Crippen molar-refractivity contribution in [2.24, 2.45) is 5.92 Å². The van der Waals surface area contributed by atoms with Gasteiger partial charge in [-0.25, -0.2) is 0 Å². The predicted octanol–water partition coefficient (Wildman–Crippen LogP) is 5.12. The van der Waals surface area contributed by atoms with Gasteiger partial charge in [-0.2, -0.15) is 0 Å². The third-order valence-corrected chi connectivity index (χ3v) is 5.50. The Morgan fingerprint density at radius 1 is 1.25 bits per heavy atom. The zero-order valence-corrected chi connectivity index (χ0v) is 17.5. The molecule has 28 heavy (non-hydrogen) atoms. The van der Waals surface area contributed by atoms with Crippen molar-refractivity contribution in [2.45, 2.75) is 46.6 Å². The first-order chi connectivity index (χ1) is 13.5. The standard InChI is InChI=1S/C24H32N2O2/c1-5-28-23-13-10-21(15-18(23)3)24(27)25-19(4)20-8-11-22(12-9-20)26-14-6-7-17(2)16-26/h8-13,15,17,19H,5-7,14,16H2,1-4H3,(H,25,27)/t17-,19+/m1/s1. The van der Waals surface area contributed by atoms with E-state index in [1.165, 1.54) is 18.5 Å². The molecule has 0 aromatic heterocycles. The van der Waals surface area contributed by atoms with Crippen LogP contribution in [0.15, 0.2) is 42.5 Å². The van der Waals surface area contributed by atoms with Gasteiger partial charge in [-0.3, -0.25) is 4.79 Å². The van der Waals surface area contributed by atoms with Crippen LogP contribution in [0.2, 0.25) is 0 Å². The summed E-state index contributed by atoms with van der Waals surface area (Å²) in [5.41, 5.74) is 4.02. The fourth-order valence-electron chi connectivity index (χ4n) is 3.87. The fraction of sp³-hybridized carbons (Fsp3) is 0.458. The molecule has 1 heterocycles. The van der Waals surface area contributed by atoms with Gasteiger partial charge in [-0.1, -0.05) is 19.1 Å². The summed E-state index contributed by atoms with van der Waals surface area (Å²) >= 11 is 0. The summed E-state index contributed by atoms with van der Waals surface area (Å²) in [6.07, 6.45) is 2.58. The second-order valence-electron chi connectivity index (χ2n) is 7.89. The Morgan fingerprint density at radius 2 is 2.00 bits per heavy atom. The number of piperidine rings is 1. The van der Waals surface area contributed by atoms with Crippen LogP contribution in [0.4, 0.5) is 5.69 Å². The summed E-state index contributed by atoms with van der Waals surface area (Å²) in [4.78, 5) is 15.1. The molecule has 0 spiro atoms. The molecular weight excluding hydrogens is 348 g/mol. The average molecular weight is 381 g/mol. The van der Waals surface area contributed by atoms with Gasteiger partial charge >= 0.3 is 0 Å². The topological polar surface area (TPSA) is 41.6 Å². The van der Waals surface area contributed by atoms with E-state index in [0.29, 0.717) is 12.2 Å². The lowest BCUT2D eigenvalue weighted by molar-refractivity contribution is 0.0939. The number of hydrogen-bond acceptors (Lipinski definition) is 3. The van der Waals surface area contributed by atoms with Crippen LogP contribution in [-0.4, -0.2) is 25.6 Å². The molecule has 1 amide bonds. The summed E-state index contributed by atoms with van der Waals surface area (Å²) in [6, 6.07) is 14.1. The molecule has 3 rings (SSSR count). The normalized spacial score (nSPS) is 17.9. The lowest BCUT2D eigenvalue weighted by Crippen LogP contribution is -2.34. The zero-order valence-electron chi connectivity index (χ0n) is 17.5. The van der Waals surface area contributed by atoms with Gasteiger partial charge in [-0.15, -0.1) is 0 Å². The van der Waals surface area contributed by atoms with Crippen molar-refractivity contribution >= 4 is 11.6 Å². The highest BCUT2D eigenvalue weighted by atomic mass is 16.5. The molecule has 2 aromatic carbocycles. The van der Waals surface area contributed by atoms with E-state index in [0.717, 1.165) is 35.9 Å². The number of hydrogen-bond donors (Lipinski definition) is 1. The molecule has 150 valence electrons. The van der Waals surface area contributed by atoms with Crippen molar-refractivity contribution in [3.8, 4) is 5.75 Å². The Hall–Kier alpha value is -2.49. The minimum absolute atomic E-state index is 0.0475. The molecular formula is C24H32N2O2. The lowest BCUT2D eigenvalue weighted by atomic mass is 9.99. The van der Waals surface area contributed by atoms with Crippen molar-refractivity contribution in [3.05, 3.63) is 59.2 Å². The van der Waals surface area contributed by atoms with Gasteiger partial charge in [0.25, 0.3) is 5.91 Å². The molecule has 1 N–H and O–H groups in total. The molecule has 0 unspecified atom stereocenters. The quantitative estimate of drug-likeness (QED) is 0.756. The Bertz CT molecular complexity index is 801. The number of rotatable bonds is 6. The Morgan fingerprint density at radius 3 is 2.64 bits per heavy atom. The number of ether oxygens (including phenoxy) is 1. The van der Waals surface area contributed by atoms with E-state index >= 15 is 0 Å². The largest absolute Gasteiger partial charge is 0.494 e. The van der Waals surface area contributed by atoms with E-state index < -0.39 is 0 Å². The number of nitrogens with one attached hydrogen (secondary N) is 1. The summed E-state index contributed by atoms with van der Waals surface area (Å²) in [5.74, 6) is 1.52. The van der Waals surface area contributed by atoms with Gasteiger partial charge in [0.05, 0.1) is 12.6 Å². The molecule has 1 aliphatic heterocycles. The second kappa shape index (κ2) is 9.13. The first kappa shape index (κ1) is 20.2. The molecule has 1 fully saturated rings. The number of nitrogens with zero attached hydrogens (tertiary/aromatic N) is 1. The van der Waals surface area contributed by atoms with Crippen LogP contribution in [-0.2, 0) is 0 Å². The molecule has 4 heteroatoms. The third-order valence-electron chi connectivity index (χ3n) is 5.50. The summed E-state index contributed by atoms with van der Waals surface area (Å²) in [5, 5.41) is 3.10. The van der Waals surface area contributed by atoms with Crippen LogP contribution in [0.1, 0.15) is 61.1 Å². The van der Waals surface area contributed by atoms with Crippen LogP contribution >= 0.6 is 0 Å². The highest BCUT2D eigenvalue weighted by molar-refractivity contribution is 5.94. The molecule has 0 saturated carbocycles. The highest BCUT2D eigenvalue weighted by Gasteiger charge is 2.17. The number of carbonyl (C=O) groups excluding carboxylic acids is 1. The van der Waals surface area contributed by atoms with Gasteiger partial charge < -0.3 is 15.0 Å². The molecule has 0 aliphatic carbocycles. The highest BCUT2D eigenvalue weighted by Crippen LogP contribution is 2.25. The van der Waals surface area contributed by atoms with Crippen molar-refractivity contribution in [1.82, 2.24) is 5.32 Å². The molecule has 2 aromatic rings. The van der Waals surface area contributed by atoms with Crippen LogP contribution < -0.4 is 15.0 Å². The monoisotopic (exact) mass is 380 g/mol. The van der Waals surface area contributed by atoms with E-state index in [9.17, 15) is 4.79 Å². The summed E-state index contributed by atoms with van der Waals surface area (Å²) in [7, 11) is 0. The Labute approximate surface area is 168 Å². The first-order valence-electron chi connectivity index (χ1n) is 10.4. The van der Waals surface area contributed by atoms with Gasteiger partial charge in [0, 0.05) is 24.3 Å². The lowest BCUT2D eigenvalue weighted by Gasteiger charge is -2.33. The smallest absolute Gasteiger partial charge is 0.251 e. The van der Waals surface area contributed by atoms with Crippen LogP contribution in [0.3, 0.4) is 0 Å². The van der Waals surface area contributed by atoms with E-state index in [-0.39, 0.29) is 11.9 Å². The Balaban J connectivity index is 1.63. The first-order valence-corrected chi connectivity index (χ1v) is 10.4. The van der Waals surface area contributed by atoms with E-state index in [1.807, 2.05) is 39.0 Å². The minimum atomic E-state index is -0.0624. The summed E-state index contributed by atoms with van der Waals surface area (Å²) < 4.78 is 5.55. The van der Waals surface area contributed by atoms with Crippen LogP contribution in [0, 0.1) is 12.8 Å². The van der Waals surface area contributed by atoms with Gasteiger partial charge in [0.1, 0.15) is 5.75 Å². The number of amides is 1. The number of aryl methyl sites for hydroxylation is 1. The van der Waals surface area contributed by atoms with Gasteiger partial charge in [0.15, 0.2) is 0 Å². The number of benzene rings is 2. The average Bonchev–Trinajstić information content (AvgIpc) is 2.69. The molecule has 0 radical (unpaired) electrons. The minimum Gasteiger partial charge on any atom is -0.494 e. The van der Waals surface area contributed by atoms with Gasteiger partial charge in [-0.05, 0) is 81.0 Å².